The Hall–Kier alpha value is -1.94. The predicted molar refractivity (Wildman–Crippen MR) is 77.7 cm³/mol. The SMILES string of the molecule is O=c1[nH]c(-c2ccc(F)cc2)c(Br)c2ccccc12. The van der Waals surface area contributed by atoms with E-state index in [0.29, 0.717) is 11.1 Å². The second kappa shape index (κ2) is 4.63. The van der Waals surface area contributed by atoms with Crippen LogP contribution in [0.3, 0.4) is 0 Å². The Balaban J connectivity index is 2.33. The predicted octanol–water partition coefficient (Wildman–Crippen LogP) is 4.10. The maximum absolute atomic E-state index is 13.0. The molecule has 0 aliphatic carbocycles. The zero-order chi connectivity index (χ0) is 13.4. The Morgan fingerprint density at radius 3 is 2.26 bits per heavy atom. The first-order valence-corrected chi connectivity index (χ1v) is 6.52. The smallest absolute Gasteiger partial charge is 0.256 e. The molecule has 2 aromatic carbocycles. The van der Waals surface area contributed by atoms with Crippen LogP contribution in [0.25, 0.3) is 22.0 Å². The molecule has 1 heterocycles. The van der Waals surface area contributed by atoms with E-state index in [9.17, 15) is 9.18 Å². The number of fused-ring (bicyclic) bond motifs is 1. The van der Waals surface area contributed by atoms with E-state index < -0.39 is 0 Å². The second-order valence-corrected chi connectivity index (χ2v) is 4.99. The summed E-state index contributed by atoms with van der Waals surface area (Å²) in [7, 11) is 0. The number of hydrogen-bond acceptors (Lipinski definition) is 1. The molecule has 3 aromatic rings. The molecule has 4 heteroatoms. The summed E-state index contributed by atoms with van der Waals surface area (Å²) in [5.41, 5.74) is 1.26. The van der Waals surface area contributed by atoms with Crippen LogP contribution in [0.2, 0.25) is 0 Å². The third-order valence-corrected chi connectivity index (χ3v) is 3.82. The van der Waals surface area contributed by atoms with Crippen molar-refractivity contribution in [2.24, 2.45) is 0 Å². The molecule has 0 spiro atoms. The van der Waals surface area contributed by atoms with Gasteiger partial charge in [-0.25, -0.2) is 4.39 Å². The monoisotopic (exact) mass is 317 g/mol. The minimum Gasteiger partial charge on any atom is -0.320 e. The lowest BCUT2D eigenvalue weighted by atomic mass is 10.1. The van der Waals surface area contributed by atoms with Gasteiger partial charge in [0.15, 0.2) is 0 Å². The average molecular weight is 318 g/mol. The number of halogens is 2. The van der Waals surface area contributed by atoms with Crippen LogP contribution in [-0.2, 0) is 0 Å². The summed E-state index contributed by atoms with van der Waals surface area (Å²) >= 11 is 3.51. The van der Waals surface area contributed by atoms with Gasteiger partial charge in [-0.3, -0.25) is 4.79 Å². The lowest BCUT2D eigenvalue weighted by Crippen LogP contribution is -2.08. The normalized spacial score (nSPS) is 10.8. The molecule has 2 nitrogen and oxygen atoms in total. The van der Waals surface area contributed by atoms with E-state index in [4.69, 9.17) is 0 Å². The molecule has 0 saturated carbocycles. The van der Waals surface area contributed by atoms with E-state index in [1.54, 1.807) is 18.2 Å². The summed E-state index contributed by atoms with van der Waals surface area (Å²) in [5.74, 6) is -0.303. The fourth-order valence-electron chi connectivity index (χ4n) is 2.06. The van der Waals surface area contributed by atoms with Crippen molar-refractivity contribution in [3.63, 3.8) is 0 Å². The summed E-state index contributed by atoms with van der Waals surface area (Å²) in [6, 6.07) is 13.4. The van der Waals surface area contributed by atoms with Gasteiger partial charge in [-0.2, -0.15) is 0 Å². The van der Waals surface area contributed by atoms with Crippen LogP contribution in [0.1, 0.15) is 0 Å². The van der Waals surface area contributed by atoms with Gasteiger partial charge in [-0.15, -0.1) is 0 Å². The lowest BCUT2D eigenvalue weighted by molar-refractivity contribution is 0.628. The molecule has 0 aliphatic heterocycles. The molecule has 0 bridgehead atoms. The number of H-pyrrole nitrogens is 1. The van der Waals surface area contributed by atoms with Crippen LogP contribution in [0.15, 0.2) is 57.8 Å². The van der Waals surface area contributed by atoms with E-state index in [-0.39, 0.29) is 11.4 Å². The molecule has 0 fully saturated rings. The first kappa shape index (κ1) is 12.1. The maximum atomic E-state index is 13.0. The number of hydrogen-bond donors (Lipinski definition) is 1. The molecule has 0 aliphatic rings. The Morgan fingerprint density at radius 1 is 0.947 bits per heavy atom. The molecule has 0 radical (unpaired) electrons. The highest BCUT2D eigenvalue weighted by Gasteiger charge is 2.10. The summed E-state index contributed by atoms with van der Waals surface area (Å²) in [6.45, 7) is 0. The van der Waals surface area contributed by atoms with Gasteiger partial charge in [-0.1, -0.05) is 18.2 Å². The highest BCUT2D eigenvalue weighted by Crippen LogP contribution is 2.30. The zero-order valence-electron chi connectivity index (χ0n) is 9.78. The molecular weight excluding hydrogens is 309 g/mol. The van der Waals surface area contributed by atoms with Crippen molar-refractivity contribution in [1.29, 1.82) is 0 Å². The Bertz CT molecular complexity index is 808. The summed E-state index contributed by atoms with van der Waals surface area (Å²) in [4.78, 5) is 14.9. The Labute approximate surface area is 117 Å². The third kappa shape index (κ3) is 2.08. The van der Waals surface area contributed by atoms with Gasteiger partial charge in [0.25, 0.3) is 5.56 Å². The van der Waals surface area contributed by atoms with Crippen LogP contribution >= 0.6 is 15.9 Å². The Morgan fingerprint density at radius 2 is 1.58 bits per heavy atom. The van der Waals surface area contributed by atoms with E-state index in [1.165, 1.54) is 12.1 Å². The fraction of sp³-hybridized carbons (Fsp3) is 0. The number of nitrogens with one attached hydrogen (secondary N) is 1. The maximum Gasteiger partial charge on any atom is 0.256 e. The summed E-state index contributed by atoms with van der Waals surface area (Å²) < 4.78 is 13.8. The van der Waals surface area contributed by atoms with Crippen molar-refractivity contribution in [1.82, 2.24) is 4.98 Å². The molecule has 1 N–H and O–H groups in total. The van der Waals surface area contributed by atoms with Gasteiger partial charge in [0, 0.05) is 15.2 Å². The van der Waals surface area contributed by atoms with Crippen LogP contribution < -0.4 is 5.56 Å². The van der Waals surface area contributed by atoms with E-state index >= 15 is 0 Å². The number of benzene rings is 2. The van der Waals surface area contributed by atoms with Crippen LogP contribution in [0, 0.1) is 5.82 Å². The highest BCUT2D eigenvalue weighted by molar-refractivity contribution is 9.10. The van der Waals surface area contributed by atoms with Crippen molar-refractivity contribution in [3.05, 3.63) is 69.2 Å². The second-order valence-electron chi connectivity index (χ2n) is 4.20. The summed E-state index contributed by atoms with van der Waals surface area (Å²) in [5, 5.41) is 1.46. The number of aromatic nitrogens is 1. The third-order valence-electron chi connectivity index (χ3n) is 3.00. The first-order chi connectivity index (χ1) is 9.16. The zero-order valence-corrected chi connectivity index (χ0v) is 11.4. The molecule has 19 heavy (non-hydrogen) atoms. The van der Waals surface area contributed by atoms with Crippen LogP contribution in [0.4, 0.5) is 4.39 Å². The van der Waals surface area contributed by atoms with E-state index in [0.717, 1.165) is 15.4 Å². The molecule has 3 rings (SSSR count). The molecule has 0 saturated heterocycles. The molecule has 0 unspecified atom stereocenters. The fourth-order valence-corrected chi connectivity index (χ4v) is 2.73. The largest absolute Gasteiger partial charge is 0.320 e. The lowest BCUT2D eigenvalue weighted by Gasteiger charge is -2.08. The van der Waals surface area contributed by atoms with Crippen LogP contribution in [-0.4, -0.2) is 4.98 Å². The molecule has 1 aromatic heterocycles. The topological polar surface area (TPSA) is 32.9 Å². The number of pyridine rings is 1. The van der Waals surface area contributed by atoms with Crippen molar-refractivity contribution >= 4 is 26.7 Å². The van der Waals surface area contributed by atoms with Gasteiger partial charge in [0.2, 0.25) is 0 Å². The van der Waals surface area contributed by atoms with Crippen molar-refractivity contribution < 1.29 is 4.39 Å². The Kier molecular flexibility index (Phi) is 2.95. The van der Waals surface area contributed by atoms with Crippen molar-refractivity contribution in [2.45, 2.75) is 0 Å². The van der Waals surface area contributed by atoms with Gasteiger partial charge in [0.1, 0.15) is 5.82 Å². The summed E-state index contributed by atoms with van der Waals surface area (Å²) in [6.07, 6.45) is 0. The number of aromatic amines is 1. The minimum absolute atomic E-state index is 0.155. The van der Waals surface area contributed by atoms with E-state index in [1.807, 2.05) is 18.2 Å². The molecule has 94 valence electrons. The molecule has 0 amide bonds. The number of rotatable bonds is 1. The van der Waals surface area contributed by atoms with Gasteiger partial charge in [0.05, 0.1) is 5.69 Å². The van der Waals surface area contributed by atoms with Gasteiger partial charge in [-0.05, 0) is 51.8 Å². The average Bonchev–Trinajstić information content (AvgIpc) is 2.44. The quantitative estimate of drug-likeness (QED) is 0.720. The first-order valence-electron chi connectivity index (χ1n) is 5.73. The van der Waals surface area contributed by atoms with Gasteiger partial charge >= 0.3 is 0 Å². The van der Waals surface area contributed by atoms with Crippen molar-refractivity contribution in [3.8, 4) is 11.3 Å². The molecule has 0 atom stereocenters. The minimum atomic E-state index is -0.303. The highest BCUT2D eigenvalue weighted by atomic mass is 79.9. The van der Waals surface area contributed by atoms with Crippen LogP contribution in [0.5, 0.6) is 0 Å². The van der Waals surface area contributed by atoms with Crippen molar-refractivity contribution in [2.75, 3.05) is 0 Å². The van der Waals surface area contributed by atoms with E-state index in [2.05, 4.69) is 20.9 Å². The molecular formula is C15H9BrFNO. The van der Waals surface area contributed by atoms with Gasteiger partial charge < -0.3 is 4.98 Å². The standard InChI is InChI=1S/C15H9BrFNO/c16-13-11-3-1-2-4-12(11)15(19)18-14(13)9-5-7-10(17)8-6-9/h1-8H,(H,18,19).